The molecule has 10 rings (SSSR count). The van der Waals surface area contributed by atoms with Crippen molar-refractivity contribution in [3.05, 3.63) is 206 Å². The Labute approximate surface area is 303 Å². The second-order valence-corrected chi connectivity index (χ2v) is 13.4. The number of fused-ring (bicyclic) bond motifs is 6. The highest BCUT2D eigenvalue weighted by molar-refractivity contribution is 6.21. The van der Waals surface area contributed by atoms with Crippen LogP contribution in [-0.2, 0) is 0 Å². The Morgan fingerprint density at radius 1 is 0.308 bits per heavy atom. The molecule has 0 bridgehead atoms. The smallest absolute Gasteiger partial charge is 0.0547 e. The molecule has 0 fully saturated rings. The van der Waals surface area contributed by atoms with E-state index < -0.39 is 0 Å². The van der Waals surface area contributed by atoms with Gasteiger partial charge in [-0.25, -0.2) is 0 Å². The summed E-state index contributed by atoms with van der Waals surface area (Å²) in [4.78, 5) is 2.32. The number of anilines is 3. The van der Waals surface area contributed by atoms with Gasteiger partial charge < -0.3 is 9.47 Å². The average molecular weight is 663 g/mol. The van der Waals surface area contributed by atoms with Crippen molar-refractivity contribution in [2.24, 2.45) is 0 Å². The van der Waals surface area contributed by atoms with Crippen LogP contribution >= 0.6 is 0 Å². The van der Waals surface area contributed by atoms with E-state index in [9.17, 15) is 0 Å². The van der Waals surface area contributed by atoms with Crippen LogP contribution in [0.25, 0.3) is 71.3 Å². The third-order valence-electron chi connectivity index (χ3n) is 10.4. The summed E-state index contributed by atoms with van der Waals surface area (Å²) in [5.74, 6) is 0. The maximum atomic E-state index is 2.41. The maximum absolute atomic E-state index is 2.41. The van der Waals surface area contributed by atoms with Crippen LogP contribution < -0.4 is 4.90 Å². The lowest BCUT2D eigenvalue weighted by Gasteiger charge is -2.26. The van der Waals surface area contributed by atoms with Gasteiger partial charge in [0.25, 0.3) is 0 Å². The molecular weight excluding hydrogens is 629 g/mol. The van der Waals surface area contributed by atoms with Gasteiger partial charge in [0.15, 0.2) is 0 Å². The van der Waals surface area contributed by atoms with E-state index in [1.807, 2.05) is 0 Å². The minimum absolute atomic E-state index is 1.12. The fraction of sp³-hybridized carbons (Fsp3) is 0. The van der Waals surface area contributed by atoms with Crippen molar-refractivity contribution in [1.82, 2.24) is 4.57 Å². The van der Waals surface area contributed by atoms with E-state index in [2.05, 4.69) is 216 Å². The lowest BCUT2D eigenvalue weighted by Crippen LogP contribution is -2.09. The summed E-state index contributed by atoms with van der Waals surface area (Å²) in [7, 11) is 0. The largest absolute Gasteiger partial charge is 0.311 e. The molecule has 0 aliphatic carbocycles. The first kappa shape index (κ1) is 30.0. The number of rotatable bonds is 6. The Balaban J connectivity index is 0.995. The normalized spacial score (nSPS) is 11.5. The summed E-state index contributed by atoms with van der Waals surface area (Å²) in [5, 5.41) is 7.59. The van der Waals surface area contributed by atoms with Gasteiger partial charge in [-0.15, -0.1) is 0 Å². The van der Waals surface area contributed by atoms with Crippen molar-refractivity contribution in [3.63, 3.8) is 0 Å². The third kappa shape index (κ3) is 5.12. The first-order valence-corrected chi connectivity index (χ1v) is 17.8. The average Bonchev–Trinajstić information content (AvgIpc) is 3.57. The molecule has 0 amide bonds. The molecule has 52 heavy (non-hydrogen) atoms. The summed E-state index contributed by atoms with van der Waals surface area (Å²) in [6, 6.07) is 74.5. The van der Waals surface area contributed by atoms with Crippen LogP contribution in [0.2, 0.25) is 0 Å². The van der Waals surface area contributed by atoms with E-state index in [0.717, 1.165) is 17.1 Å². The molecule has 0 atom stereocenters. The standard InChI is InChI=1S/C50H34N2/c1-3-11-35(12-4-1)36-21-27-43(28-22-36)51(42-14-5-2-6-15-42)44-29-23-37(24-30-44)39-19-20-41-34-45(31-25-40(41)33-39)52-48-18-10-9-17-47(48)50-46-16-8-7-13-38(46)26-32-49(50)52/h1-34H. The molecule has 2 heteroatoms. The molecular formula is C50H34N2. The lowest BCUT2D eigenvalue weighted by atomic mass is 10.00. The molecule has 0 N–H and O–H groups in total. The molecule has 0 aliphatic heterocycles. The van der Waals surface area contributed by atoms with Crippen molar-refractivity contribution in [3.8, 4) is 27.9 Å². The Bertz CT molecular complexity index is 2870. The lowest BCUT2D eigenvalue weighted by molar-refractivity contribution is 1.19. The van der Waals surface area contributed by atoms with E-state index in [1.54, 1.807) is 0 Å². The number of para-hydroxylation sites is 2. The fourth-order valence-corrected chi connectivity index (χ4v) is 7.83. The molecule has 2 nitrogen and oxygen atoms in total. The van der Waals surface area contributed by atoms with E-state index in [0.29, 0.717) is 0 Å². The van der Waals surface area contributed by atoms with Crippen molar-refractivity contribution in [2.45, 2.75) is 0 Å². The summed E-state index contributed by atoms with van der Waals surface area (Å²) in [6.45, 7) is 0. The van der Waals surface area contributed by atoms with Crippen LogP contribution in [0, 0.1) is 0 Å². The van der Waals surface area contributed by atoms with Crippen molar-refractivity contribution >= 4 is 60.4 Å². The molecule has 0 aliphatic rings. The summed E-state index contributed by atoms with van der Waals surface area (Å²) in [5.41, 5.74) is 11.8. The van der Waals surface area contributed by atoms with Crippen LogP contribution in [-0.4, -0.2) is 4.57 Å². The molecule has 0 saturated carbocycles. The Morgan fingerprint density at radius 2 is 0.827 bits per heavy atom. The van der Waals surface area contributed by atoms with Gasteiger partial charge in [-0.1, -0.05) is 140 Å². The zero-order valence-corrected chi connectivity index (χ0v) is 28.5. The van der Waals surface area contributed by atoms with Crippen LogP contribution in [0.5, 0.6) is 0 Å². The van der Waals surface area contributed by atoms with E-state index in [1.165, 1.54) is 71.3 Å². The molecule has 1 aromatic heterocycles. The first-order valence-electron chi connectivity index (χ1n) is 17.8. The van der Waals surface area contributed by atoms with E-state index in [-0.39, 0.29) is 0 Å². The molecule has 0 radical (unpaired) electrons. The number of aromatic nitrogens is 1. The highest BCUT2D eigenvalue weighted by Gasteiger charge is 2.16. The quantitative estimate of drug-likeness (QED) is 0.172. The maximum Gasteiger partial charge on any atom is 0.0547 e. The SMILES string of the molecule is c1ccc(-c2ccc(N(c3ccccc3)c3ccc(-c4ccc5cc(-n6c7ccccc7c7c8ccccc8ccc76)ccc5c4)cc3)cc2)cc1. The minimum atomic E-state index is 1.12. The molecule has 0 unspecified atom stereocenters. The fourth-order valence-electron chi connectivity index (χ4n) is 7.83. The monoisotopic (exact) mass is 662 g/mol. The molecule has 10 aromatic rings. The zero-order valence-electron chi connectivity index (χ0n) is 28.5. The van der Waals surface area contributed by atoms with Crippen LogP contribution in [0.1, 0.15) is 0 Å². The zero-order chi connectivity index (χ0) is 34.4. The van der Waals surface area contributed by atoms with Crippen LogP contribution in [0.4, 0.5) is 17.1 Å². The molecule has 9 aromatic carbocycles. The predicted molar refractivity (Wildman–Crippen MR) is 221 cm³/mol. The first-order chi connectivity index (χ1) is 25.8. The highest BCUT2D eigenvalue weighted by atomic mass is 15.1. The van der Waals surface area contributed by atoms with Gasteiger partial charge >= 0.3 is 0 Å². The Hall–Kier alpha value is -6.90. The van der Waals surface area contributed by atoms with Crippen LogP contribution in [0.3, 0.4) is 0 Å². The van der Waals surface area contributed by atoms with Gasteiger partial charge in [0.05, 0.1) is 11.0 Å². The molecule has 0 spiro atoms. The number of hydrogen-bond acceptors (Lipinski definition) is 1. The number of hydrogen-bond donors (Lipinski definition) is 0. The van der Waals surface area contributed by atoms with Gasteiger partial charge in [-0.2, -0.15) is 0 Å². The highest BCUT2D eigenvalue weighted by Crippen LogP contribution is 2.39. The minimum Gasteiger partial charge on any atom is -0.311 e. The molecule has 0 saturated heterocycles. The molecule has 1 heterocycles. The third-order valence-corrected chi connectivity index (χ3v) is 10.4. The predicted octanol–water partition coefficient (Wildman–Crippen LogP) is 13.9. The van der Waals surface area contributed by atoms with Gasteiger partial charge in [0.1, 0.15) is 0 Å². The van der Waals surface area contributed by atoms with Crippen molar-refractivity contribution < 1.29 is 0 Å². The van der Waals surface area contributed by atoms with Crippen LogP contribution in [0.15, 0.2) is 206 Å². The van der Waals surface area contributed by atoms with E-state index >= 15 is 0 Å². The Morgan fingerprint density at radius 3 is 1.58 bits per heavy atom. The second kappa shape index (κ2) is 12.5. The number of nitrogens with zero attached hydrogens (tertiary/aromatic N) is 2. The van der Waals surface area contributed by atoms with Crippen molar-refractivity contribution in [1.29, 1.82) is 0 Å². The molecule has 244 valence electrons. The summed E-state index contributed by atoms with van der Waals surface area (Å²) >= 11 is 0. The van der Waals surface area contributed by atoms with Gasteiger partial charge in [-0.05, 0) is 111 Å². The van der Waals surface area contributed by atoms with Gasteiger partial charge in [0.2, 0.25) is 0 Å². The Kier molecular flexibility index (Phi) is 7.18. The van der Waals surface area contributed by atoms with Crippen molar-refractivity contribution in [2.75, 3.05) is 4.90 Å². The summed E-state index contributed by atoms with van der Waals surface area (Å²) < 4.78 is 2.41. The van der Waals surface area contributed by atoms with Gasteiger partial charge in [0, 0.05) is 33.5 Å². The number of benzene rings is 9. The summed E-state index contributed by atoms with van der Waals surface area (Å²) in [6.07, 6.45) is 0. The van der Waals surface area contributed by atoms with Gasteiger partial charge in [-0.3, -0.25) is 0 Å². The van der Waals surface area contributed by atoms with E-state index in [4.69, 9.17) is 0 Å². The topological polar surface area (TPSA) is 8.17 Å². The second-order valence-electron chi connectivity index (χ2n) is 13.4.